The topological polar surface area (TPSA) is 116 Å². The Kier molecular flexibility index (Phi) is 5.33. The van der Waals surface area contributed by atoms with Crippen molar-refractivity contribution < 1.29 is 19.1 Å². The van der Waals surface area contributed by atoms with Crippen molar-refractivity contribution in [3.63, 3.8) is 0 Å². The maximum atomic E-state index is 11.9. The smallest absolute Gasteiger partial charge is 0.319 e. The molecular weight excluding hydrogens is 408 g/mol. The van der Waals surface area contributed by atoms with Crippen LogP contribution in [0.5, 0.6) is 17.2 Å². The molecule has 3 aromatic rings. The highest BCUT2D eigenvalue weighted by molar-refractivity contribution is 6.33. The minimum absolute atomic E-state index is 0.0619. The van der Waals surface area contributed by atoms with Crippen LogP contribution in [0.15, 0.2) is 42.5 Å². The number of amides is 3. The van der Waals surface area contributed by atoms with Gasteiger partial charge in [-0.3, -0.25) is 4.79 Å². The third kappa shape index (κ3) is 4.38. The fourth-order valence-electron chi connectivity index (χ4n) is 2.87. The number of carbonyl (C=O) groups excluding carboxylic acids is 2. The summed E-state index contributed by atoms with van der Waals surface area (Å²) in [7, 11) is 1.54. The molecule has 0 bridgehead atoms. The third-order valence-corrected chi connectivity index (χ3v) is 4.87. The molecule has 8 nitrogen and oxygen atoms in total. The van der Waals surface area contributed by atoms with Crippen LogP contribution in [0.2, 0.25) is 5.02 Å². The van der Waals surface area contributed by atoms with Crippen molar-refractivity contribution in [2.24, 2.45) is 5.73 Å². The van der Waals surface area contributed by atoms with E-state index in [1.54, 1.807) is 43.5 Å². The van der Waals surface area contributed by atoms with Gasteiger partial charge in [0.2, 0.25) is 0 Å². The summed E-state index contributed by atoms with van der Waals surface area (Å²) in [5.74, 6) is 0.723. The lowest BCUT2D eigenvalue weighted by Crippen LogP contribution is -2.30. The first-order valence-corrected chi connectivity index (χ1v) is 9.64. The number of ether oxygens (including phenoxy) is 2. The molecule has 3 amide bonds. The van der Waals surface area contributed by atoms with E-state index in [0.29, 0.717) is 38.9 Å². The molecule has 30 heavy (non-hydrogen) atoms. The minimum Gasteiger partial charge on any atom is -0.497 e. The zero-order valence-corrected chi connectivity index (χ0v) is 16.8. The molecule has 2 aromatic carbocycles. The van der Waals surface area contributed by atoms with E-state index < -0.39 is 5.91 Å². The van der Waals surface area contributed by atoms with Crippen molar-refractivity contribution in [1.82, 2.24) is 10.3 Å². The maximum Gasteiger partial charge on any atom is 0.319 e. The molecule has 4 rings (SSSR count). The molecule has 0 aliphatic heterocycles. The number of methoxy groups -OCH3 is 1. The Balaban J connectivity index is 1.62. The maximum absolute atomic E-state index is 11.9. The first-order chi connectivity index (χ1) is 14.4. The average Bonchev–Trinajstić information content (AvgIpc) is 3.53. The molecule has 0 spiro atoms. The highest BCUT2D eigenvalue weighted by Gasteiger charge is 2.23. The number of anilines is 1. The lowest BCUT2D eigenvalue weighted by molar-refractivity contribution is 0.0995. The number of urea groups is 1. The number of fused-ring (bicyclic) bond motifs is 1. The van der Waals surface area contributed by atoms with Crippen LogP contribution in [0.4, 0.5) is 10.5 Å². The largest absolute Gasteiger partial charge is 0.497 e. The number of nitrogens with two attached hydrogens (primary N) is 1. The predicted octanol–water partition coefficient (Wildman–Crippen LogP) is 4.07. The second kappa shape index (κ2) is 8.08. The van der Waals surface area contributed by atoms with Crippen LogP contribution in [-0.4, -0.2) is 30.1 Å². The molecule has 1 saturated carbocycles. The molecule has 0 saturated heterocycles. The average molecular weight is 427 g/mol. The Morgan fingerprint density at radius 3 is 2.57 bits per heavy atom. The Morgan fingerprint density at radius 1 is 1.13 bits per heavy atom. The predicted molar refractivity (Wildman–Crippen MR) is 114 cm³/mol. The quantitative estimate of drug-likeness (QED) is 0.549. The number of primary amides is 1. The van der Waals surface area contributed by atoms with Crippen molar-refractivity contribution in [3.05, 3.63) is 53.2 Å². The summed E-state index contributed by atoms with van der Waals surface area (Å²) in [5.41, 5.74) is 6.44. The molecule has 1 aromatic heterocycles. The van der Waals surface area contributed by atoms with Crippen LogP contribution in [0.3, 0.4) is 0 Å². The zero-order chi connectivity index (χ0) is 21.3. The highest BCUT2D eigenvalue weighted by Crippen LogP contribution is 2.34. The molecule has 9 heteroatoms. The van der Waals surface area contributed by atoms with E-state index in [-0.39, 0.29) is 17.8 Å². The van der Waals surface area contributed by atoms with E-state index >= 15 is 0 Å². The summed E-state index contributed by atoms with van der Waals surface area (Å²) in [5, 5.41) is 6.53. The number of carbonyl (C=O) groups is 2. The minimum atomic E-state index is -0.677. The van der Waals surface area contributed by atoms with Gasteiger partial charge in [-0.1, -0.05) is 11.6 Å². The van der Waals surface area contributed by atoms with Gasteiger partial charge in [0.25, 0.3) is 5.91 Å². The number of pyridine rings is 1. The van der Waals surface area contributed by atoms with Crippen LogP contribution < -0.4 is 25.8 Å². The first-order valence-electron chi connectivity index (χ1n) is 9.26. The molecule has 4 N–H and O–H groups in total. The van der Waals surface area contributed by atoms with Gasteiger partial charge in [0.05, 0.1) is 23.3 Å². The number of halogens is 1. The SMILES string of the molecule is COc1ccc2c(Oc3ccc(NC(=O)NC4CC4)c(Cl)c3)cc(C(N)=O)nc2c1. The van der Waals surface area contributed by atoms with Crippen molar-refractivity contribution in [2.45, 2.75) is 18.9 Å². The fourth-order valence-corrected chi connectivity index (χ4v) is 3.09. The molecule has 0 unspecified atom stereocenters. The van der Waals surface area contributed by atoms with Crippen molar-refractivity contribution in [2.75, 3.05) is 12.4 Å². The summed E-state index contributed by atoms with van der Waals surface area (Å²) >= 11 is 6.31. The van der Waals surface area contributed by atoms with E-state index in [4.69, 9.17) is 26.8 Å². The number of hydrogen-bond acceptors (Lipinski definition) is 5. The van der Waals surface area contributed by atoms with E-state index in [2.05, 4.69) is 15.6 Å². The molecule has 1 aliphatic rings. The van der Waals surface area contributed by atoms with Gasteiger partial charge in [-0.2, -0.15) is 0 Å². The number of benzene rings is 2. The lowest BCUT2D eigenvalue weighted by atomic mass is 10.1. The second-order valence-electron chi connectivity index (χ2n) is 6.87. The Morgan fingerprint density at radius 2 is 1.90 bits per heavy atom. The molecule has 154 valence electrons. The third-order valence-electron chi connectivity index (χ3n) is 4.56. The monoisotopic (exact) mass is 426 g/mol. The van der Waals surface area contributed by atoms with Crippen LogP contribution in [0.25, 0.3) is 10.9 Å². The van der Waals surface area contributed by atoms with Crippen molar-refractivity contribution in [3.8, 4) is 17.2 Å². The van der Waals surface area contributed by atoms with Gasteiger partial charge in [0, 0.05) is 29.6 Å². The van der Waals surface area contributed by atoms with Gasteiger partial charge >= 0.3 is 6.03 Å². The van der Waals surface area contributed by atoms with Gasteiger partial charge in [-0.15, -0.1) is 0 Å². The first kappa shape index (κ1) is 19.8. The Hall–Kier alpha value is -3.52. The van der Waals surface area contributed by atoms with Crippen LogP contribution in [-0.2, 0) is 0 Å². The van der Waals surface area contributed by atoms with Gasteiger partial charge in [-0.05, 0) is 37.1 Å². The van der Waals surface area contributed by atoms with E-state index in [0.717, 1.165) is 12.8 Å². The lowest BCUT2D eigenvalue weighted by Gasteiger charge is -2.13. The summed E-state index contributed by atoms with van der Waals surface area (Å²) in [6, 6.07) is 11.5. The Labute approximate surface area is 177 Å². The van der Waals surface area contributed by atoms with Crippen molar-refractivity contribution >= 4 is 40.1 Å². The fraction of sp³-hybridized carbons (Fsp3) is 0.190. The molecule has 0 atom stereocenters. The second-order valence-corrected chi connectivity index (χ2v) is 7.28. The standard InChI is InChI=1S/C21H19ClN4O4/c1-29-12-4-6-14-17(9-12)25-18(20(23)27)10-19(14)30-13-5-7-16(15(22)8-13)26-21(28)24-11-2-3-11/h4-11H,2-3H2,1H3,(H2,23,27)(H2,24,26,28). The van der Waals surface area contributed by atoms with E-state index in [1.807, 2.05) is 0 Å². The molecular formula is C21H19ClN4O4. The Bertz CT molecular complexity index is 1150. The van der Waals surface area contributed by atoms with Crippen molar-refractivity contribution in [1.29, 1.82) is 0 Å². The number of nitrogens with one attached hydrogen (secondary N) is 2. The number of hydrogen-bond donors (Lipinski definition) is 3. The van der Waals surface area contributed by atoms with Gasteiger partial charge < -0.3 is 25.8 Å². The van der Waals surface area contributed by atoms with Crippen LogP contribution in [0.1, 0.15) is 23.3 Å². The molecule has 0 radical (unpaired) electrons. The summed E-state index contributed by atoms with van der Waals surface area (Å²) in [4.78, 5) is 27.9. The van der Waals surface area contributed by atoms with Gasteiger partial charge in [0.1, 0.15) is 22.9 Å². The van der Waals surface area contributed by atoms with Crippen LogP contribution in [0, 0.1) is 0 Å². The van der Waals surface area contributed by atoms with E-state index in [9.17, 15) is 9.59 Å². The summed E-state index contributed by atoms with van der Waals surface area (Å²) in [6.07, 6.45) is 1.99. The number of rotatable bonds is 6. The molecule has 1 fully saturated rings. The normalized spacial score (nSPS) is 13.0. The van der Waals surface area contributed by atoms with Gasteiger partial charge in [-0.25, -0.2) is 9.78 Å². The number of nitrogens with zero attached hydrogens (tertiary/aromatic N) is 1. The van der Waals surface area contributed by atoms with E-state index in [1.165, 1.54) is 6.07 Å². The van der Waals surface area contributed by atoms with Crippen LogP contribution >= 0.6 is 11.6 Å². The number of aromatic nitrogens is 1. The summed E-state index contributed by atoms with van der Waals surface area (Å²) < 4.78 is 11.2. The molecule has 1 heterocycles. The van der Waals surface area contributed by atoms with Gasteiger partial charge in [0.15, 0.2) is 0 Å². The highest BCUT2D eigenvalue weighted by atomic mass is 35.5. The zero-order valence-electron chi connectivity index (χ0n) is 16.1. The molecule has 1 aliphatic carbocycles. The summed E-state index contributed by atoms with van der Waals surface area (Å²) in [6.45, 7) is 0.